The molecule has 1 aromatic heterocycles. The molecule has 0 unspecified atom stereocenters. The highest BCUT2D eigenvalue weighted by Gasteiger charge is 2.42. The standard InChI is InChI=1S/C18H21FN2O3/c1-2-23-17(22)18(8-3-9-20-12-18)11-15-10-16(21-24-15)13-4-6-14(19)7-5-13/h4-7,10,20H,2-3,8-9,11-12H2,1H3/t18-/m0/s1. The SMILES string of the molecule is CCOC(=O)[C@]1(Cc2cc(-c3ccc(F)cc3)no2)CCCNC1. The Balaban J connectivity index is 1.80. The maximum atomic E-state index is 13.0. The first-order valence-electron chi connectivity index (χ1n) is 8.22. The predicted molar refractivity (Wildman–Crippen MR) is 86.8 cm³/mol. The second-order valence-corrected chi connectivity index (χ2v) is 6.14. The minimum absolute atomic E-state index is 0.197. The van der Waals surface area contributed by atoms with Gasteiger partial charge in [-0.25, -0.2) is 4.39 Å². The van der Waals surface area contributed by atoms with Gasteiger partial charge in [-0.1, -0.05) is 5.16 Å². The number of hydrogen-bond acceptors (Lipinski definition) is 5. The summed E-state index contributed by atoms with van der Waals surface area (Å²) >= 11 is 0. The number of nitrogens with one attached hydrogen (secondary N) is 1. The van der Waals surface area contributed by atoms with Crippen LogP contribution in [0.1, 0.15) is 25.5 Å². The third kappa shape index (κ3) is 3.48. The van der Waals surface area contributed by atoms with Gasteiger partial charge >= 0.3 is 5.97 Å². The van der Waals surface area contributed by atoms with Crippen LogP contribution in [0, 0.1) is 11.2 Å². The molecule has 24 heavy (non-hydrogen) atoms. The summed E-state index contributed by atoms with van der Waals surface area (Å²) in [6, 6.07) is 7.88. The van der Waals surface area contributed by atoms with Crippen LogP contribution in [-0.4, -0.2) is 30.8 Å². The minimum atomic E-state index is -0.617. The number of rotatable bonds is 5. The molecule has 1 N–H and O–H groups in total. The predicted octanol–water partition coefficient (Wildman–Crippen LogP) is 2.96. The smallest absolute Gasteiger partial charge is 0.313 e. The summed E-state index contributed by atoms with van der Waals surface area (Å²) in [7, 11) is 0. The Labute approximate surface area is 140 Å². The molecule has 1 aliphatic rings. The molecule has 2 aromatic rings. The molecular weight excluding hydrogens is 311 g/mol. The number of carbonyl (C=O) groups is 1. The van der Waals surface area contributed by atoms with E-state index in [4.69, 9.17) is 9.26 Å². The van der Waals surface area contributed by atoms with E-state index < -0.39 is 5.41 Å². The van der Waals surface area contributed by atoms with E-state index in [-0.39, 0.29) is 11.8 Å². The van der Waals surface area contributed by atoms with Gasteiger partial charge in [-0.15, -0.1) is 0 Å². The maximum Gasteiger partial charge on any atom is 0.313 e. The van der Waals surface area contributed by atoms with E-state index in [1.165, 1.54) is 12.1 Å². The number of benzene rings is 1. The lowest BCUT2D eigenvalue weighted by molar-refractivity contribution is -0.156. The van der Waals surface area contributed by atoms with Crippen molar-refractivity contribution in [2.45, 2.75) is 26.2 Å². The first kappa shape index (κ1) is 16.6. The van der Waals surface area contributed by atoms with Crippen LogP contribution in [0.3, 0.4) is 0 Å². The van der Waals surface area contributed by atoms with Gasteiger partial charge in [0.1, 0.15) is 17.3 Å². The van der Waals surface area contributed by atoms with Crippen molar-refractivity contribution in [3.63, 3.8) is 0 Å². The molecule has 1 aliphatic heterocycles. The van der Waals surface area contributed by atoms with Crippen molar-refractivity contribution in [3.8, 4) is 11.3 Å². The molecule has 0 spiro atoms. The Bertz CT molecular complexity index is 691. The quantitative estimate of drug-likeness (QED) is 0.853. The van der Waals surface area contributed by atoms with E-state index >= 15 is 0 Å². The van der Waals surface area contributed by atoms with E-state index in [2.05, 4.69) is 10.5 Å². The monoisotopic (exact) mass is 332 g/mol. The highest BCUT2D eigenvalue weighted by molar-refractivity contribution is 5.77. The van der Waals surface area contributed by atoms with Gasteiger partial charge in [0.15, 0.2) is 0 Å². The van der Waals surface area contributed by atoms with Crippen LogP contribution < -0.4 is 5.32 Å². The molecule has 0 aliphatic carbocycles. The molecule has 1 saturated heterocycles. The van der Waals surface area contributed by atoms with Gasteiger partial charge < -0.3 is 14.6 Å². The van der Waals surface area contributed by atoms with Crippen LogP contribution >= 0.6 is 0 Å². The number of aromatic nitrogens is 1. The molecule has 1 atom stereocenters. The van der Waals surface area contributed by atoms with Gasteiger partial charge in [0.2, 0.25) is 0 Å². The molecule has 2 heterocycles. The van der Waals surface area contributed by atoms with E-state index in [1.807, 2.05) is 13.0 Å². The van der Waals surface area contributed by atoms with Crippen LogP contribution in [0.25, 0.3) is 11.3 Å². The molecule has 0 amide bonds. The molecule has 0 bridgehead atoms. The van der Waals surface area contributed by atoms with Crippen molar-refractivity contribution in [2.24, 2.45) is 5.41 Å². The Morgan fingerprint density at radius 3 is 2.88 bits per heavy atom. The Kier molecular flexibility index (Phi) is 4.94. The van der Waals surface area contributed by atoms with Gasteiger partial charge in [0.25, 0.3) is 0 Å². The number of piperidine rings is 1. The number of hydrogen-bond donors (Lipinski definition) is 1. The lowest BCUT2D eigenvalue weighted by atomic mass is 9.77. The summed E-state index contributed by atoms with van der Waals surface area (Å²) in [5.41, 5.74) is 0.791. The van der Waals surface area contributed by atoms with Crippen molar-refractivity contribution in [2.75, 3.05) is 19.7 Å². The fourth-order valence-corrected chi connectivity index (χ4v) is 3.14. The third-order valence-electron chi connectivity index (χ3n) is 4.39. The molecule has 1 aromatic carbocycles. The van der Waals surface area contributed by atoms with Gasteiger partial charge in [0.05, 0.1) is 12.0 Å². The lowest BCUT2D eigenvalue weighted by Crippen LogP contribution is -2.47. The van der Waals surface area contributed by atoms with Gasteiger partial charge in [-0.2, -0.15) is 0 Å². The van der Waals surface area contributed by atoms with Crippen molar-refractivity contribution in [1.29, 1.82) is 0 Å². The lowest BCUT2D eigenvalue weighted by Gasteiger charge is -2.34. The largest absolute Gasteiger partial charge is 0.466 e. The van der Waals surface area contributed by atoms with Crippen molar-refractivity contribution < 1.29 is 18.4 Å². The van der Waals surface area contributed by atoms with Crippen LogP contribution in [0.15, 0.2) is 34.9 Å². The summed E-state index contributed by atoms with van der Waals surface area (Å²) < 4.78 is 23.7. The van der Waals surface area contributed by atoms with Crippen molar-refractivity contribution >= 4 is 5.97 Å². The maximum absolute atomic E-state index is 13.0. The van der Waals surface area contributed by atoms with Crippen molar-refractivity contribution in [1.82, 2.24) is 10.5 Å². The zero-order valence-electron chi connectivity index (χ0n) is 13.7. The van der Waals surface area contributed by atoms with E-state index in [9.17, 15) is 9.18 Å². The number of ether oxygens (including phenoxy) is 1. The fraction of sp³-hybridized carbons (Fsp3) is 0.444. The summed E-state index contributed by atoms with van der Waals surface area (Å²) in [5, 5.41) is 7.32. The average molecular weight is 332 g/mol. The normalized spacial score (nSPS) is 20.8. The van der Waals surface area contributed by atoms with Crippen LogP contribution in [0.5, 0.6) is 0 Å². The second kappa shape index (κ2) is 7.13. The van der Waals surface area contributed by atoms with E-state index in [0.717, 1.165) is 24.9 Å². The topological polar surface area (TPSA) is 64.4 Å². The van der Waals surface area contributed by atoms with Gasteiger partial charge in [0, 0.05) is 24.6 Å². The molecule has 6 heteroatoms. The molecule has 3 rings (SSSR count). The molecule has 5 nitrogen and oxygen atoms in total. The third-order valence-corrected chi connectivity index (χ3v) is 4.39. The summed E-state index contributed by atoms with van der Waals surface area (Å²) in [5.74, 6) is 0.139. The van der Waals surface area contributed by atoms with E-state index in [1.54, 1.807) is 12.1 Å². The first-order valence-corrected chi connectivity index (χ1v) is 8.22. The summed E-state index contributed by atoms with van der Waals surface area (Å²) in [6.07, 6.45) is 2.11. The zero-order chi connectivity index (χ0) is 17.0. The first-order chi connectivity index (χ1) is 11.6. The number of halogens is 1. The van der Waals surface area contributed by atoms with Gasteiger partial charge in [-0.05, 0) is 50.6 Å². The Morgan fingerprint density at radius 1 is 1.42 bits per heavy atom. The molecule has 0 saturated carbocycles. The van der Waals surface area contributed by atoms with Crippen molar-refractivity contribution in [3.05, 3.63) is 41.9 Å². The Morgan fingerprint density at radius 2 is 2.21 bits per heavy atom. The van der Waals surface area contributed by atoms with Crippen LogP contribution in [0.4, 0.5) is 4.39 Å². The highest BCUT2D eigenvalue weighted by atomic mass is 19.1. The minimum Gasteiger partial charge on any atom is -0.466 e. The fourth-order valence-electron chi connectivity index (χ4n) is 3.14. The molecular formula is C18H21FN2O3. The molecule has 0 radical (unpaired) electrons. The molecule has 128 valence electrons. The number of nitrogens with zero attached hydrogens (tertiary/aromatic N) is 1. The Hall–Kier alpha value is -2.21. The molecule has 1 fully saturated rings. The summed E-state index contributed by atoms with van der Waals surface area (Å²) in [4.78, 5) is 12.5. The highest BCUT2D eigenvalue weighted by Crippen LogP contribution is 2.33. The zero-order valence-corrected chi connectivity index (χ0v) is 13.7. The van der Waals surface area contributed by atoms with E-state index in [0.29, 0.717) is 31.0 Å². The summed E-state index contributed by atoms with van der Waals surface area (Å²) in [6.45, 7) is 3.64. The average Bonchev–Trinajstić information content (AvgIpc) is 3.05. The number of carbonyl (C=O) groups excluding carboxylic acids is 1. The van der Waals surface area contributed by atoms with Crippen LogP contribution in [-0.2, 0) is 16.0 Å². The van der Waals surface area contributed by atoms with Gasteiger partial charge in [-0.3, -0.25) is 4.79 Å². The second-order valence-electron chi connectivity index (χ2n) is 6.14. The van der Waals surface area contributed by atoms with Crippen LogP contribution in [0.2, 0.25) is 0 Å². The number of esters is 1.